The Kier molecular flexibility index (Phi) is 20.7. The largest absolute Gasteiger partial charge is 0.447 e. The zero-order valence-electron chi connectivity index (χ0n) is 42.7. The van der Waals surface area contributed by atoms with E-state index in [1.54, 1.807) is 7.11 Å². The second kappa shape index (κ2) is 29.1. The van der Waals surface area contributed by atoms with E-state index in [1.807, 2.05) is 212 Å². The third-order valence-corrected chi connectivity index (χ3v) is 13.2. The summed E-state index contributed by atoms with van der Waals surface area (Å²) in [6.07, 6.45) is -9.17. The molecule has 0 aromatic heterocycles. The molecule has 1 amide bonds. The predicted molar refractivity (Wildman–Crippen MR) is 285 cm³/mol. The van der Waals surface area contributed by atoms with Crippen molar-refractivity contribution >= 4 is 6.09 Å². The van der Waals surface area contributed by atoms with Gasteiger partial charge < -0.3 is 52.1 Å². The summed E-state index contributed by atoms with van der Waals surface area (Å²) in [5, 5.41) is 3.03. The quantitative estimate of drug-likeness (QED) is 0.0554. The number of benzene rings is 7. The third-order valence-electron chi connectivity index (χ3n) is 13.2. The van der Waals surface area contributed by atoms with Gasteiger partial charge in [0.1, 0.15) is 55.4 Å². The van der Waals surface area contributed by atoms with E-state index in [1.165, 1.54) is 0 Å². The van der Waals surface area contributed by atoms with Crippen LogP contribution in [0.4, 0.5) is 4.79 Å². The summed E-state index contributed by atoms with van der Waals surface area (Å²) >= 11 is 0. The van der Waals surface area contributed by atoms with Crippen LogP contribution in [0.5, 0.6) is 0 Å². The Labute approximate surface area is 445 Å². The molecule has 0 radical (unpaired) electrons. The molecule has 0 bridgehead atoms. The van der Waals surface area contributed by atoms with Crippen LogP contribution in [0.2, 0.25) is 0 Å². The summed E-state index contributed by atoms with van der Waals surface area (Å²) in [7, 11) is 1.55. The van der Waals surface area contributed by atoms with Crippen LogP contribution in [0.15, 0.2) is 212 Å². The van der Waals surface area contributed by atoms with E-state index in [2.05, 4.69) is 5.32 Å². The fourth-order valence-corrected chi connectivity index (χ4v) is 9.29. The number of hydrogen-bond acceptors (Lipinski definition) is 12. The topological polar surface area (TPSA) is 131 Å². The highest BCUT2D eigenvalue weighted by Crippen LogP contribution is 2.33. The van der Waals surface area contributed by atoms with Crippen molar-refractivity contribution in [1.29, 1.82) is 0 Å². The van der Waals surface area contributed by atoms with Gasteiger partial charge in [-0.15, -0.1) is 0 Å². The maximum atomic E-state index is 14.6. The van der Waals surface area contributed by atoms with Crippen molar-refractivity contribution in [1.82, 2.24) is 5.32 Å². The first kappa shape index (κ1) is 54.2. The van der Waals surface area contributed by atoms with E-state index in [0.717, 1.165) is 38.9 Å². The number of amides is 1. The van der Waals surface area contributed by atoms with Gasteiger partial charge in [-0.1, -0.05) is 212 Å². The van der Waals surface area contributed by atoms with Crippen molar-refractivity contribution in [3.8, 4) is 0 Å². The molecule has 0 aliphatic carbocycles. The molecule has 10 atom stereocenters. The lowest BCUT2D eigenvalue weighted by atomic mass is 9.97. The van der Waals surface area contributed by atoms with Crippen molar-refractivity contribution in [2.75, 3.05) is 20.3 Å². The van der Waals surface area contributed by atoms with Gasteiger partial charge in [-0.2, -0.15) is 0 Å². The summed E-state index contributed by atoms with van der Waals surface area (Å²) in [6.45, 7) is 1.55. The van der Waals surface area contributed by atoms with E-state index in [9.17, 15) is 4.79 Å². The van der Waals surface area contributed by atoms with Crippen molar-refractivity contribution < 1.29 is 56.9 Å². The molecule has 2 aliphatic rings. The molecule has 76 heavy (non-hydrogen) atoms. The lowest BCUT2D eigenvalue weighted by molar-refractivity contribution is -0.321. The van der Waals surface area contributed by atoms with Crippen LogP contribution in [0.1, 0.15) is 38.9 Å². The van der Waals surface area contributed by atoms with Crippen molar-refractivity contribution in [3.05, 3.63) is 251 Å². The minimum absolute atomic E-state index is 0.102. The monoisotopic (exact) mass is 1030 g/mol. The number of carbonyl (C=O) groups is 1. The molecule has 7 aromatic carbocycles. The summed E-state index contributed by atoms with van der Waals surface area (Å²) in [5.41, 5.74) is 6.68. The zero-order chi connectivity index (χ0) is 52.0. The van der Waals surface area contributed by atoms with Crippen molar-refractivity contribution in [2.45, 2.75) is 108 Å². The van der Waals surface area contributed by atoms with Gasteiger partial charge in [0.2, 0.25) is 0 Å². The maximum absolute atomic E-state index is 14.6. The fraction of sp³-hybridized carbons (Fsp3) is 0.317. The van der Waals surface area contributed by atoms with Crippen LogP contribution in [-0.2, 0) is 98.4 Å². The normalized spacial score (nSPS) is 23.4. The van der Waals surface area contributed by atoms with Gasteiger partial charge in [0.25, 0.3) is 0 Å². The van der Waals surface area contributed by atoms with Gasteiger partial charge in [0, 0.05) is 7.11 Å². The average Bonchev–Trinajstić information content (AvgIpc) is 3.48. The minimum Gasteiger partial charge on any atom is -0.447 e. The highest BCUT2D eigenvalue weighted by Gasteiger charge is 2.51. The Bertz CT molecular complexity index is 2700. The van der Waals surface area contributed by atoms with Crippen molar-refractivity contribution in [3.63, 3.8) is 0 Å². The molecule has 2 heterocycles. The summed E-state index contributed by atoms with van der Waals surface area (Å²) in [4.78, 5) is 14.6. The molecule has 9 rings (SSSR count). The SMILES string of the molecule is CO[C@@H]1O[C@H](COC(=O)N[C@@H]2O[C@H](COCc3ccccc3)[C@@H](OCc3ccccc3)[C@H](OCc3ccccc3)[C@H]2OCc2ccccc2)[C@@H](OCc2ccccc2)[C@H](OCc2ccccc2)[C@H]1OCc1ccccc1. The van der Waals surface area contributed by atoms with E-state index in [0.29, 0.717) is 6.61 Å². The first-order chi connectivity index (χ1) is 37.6. The second-order valence-corrected chi connectivity index (χ2v) is 18.7. The number of methoxy groups -OCH3 is 1. The van der Waals surface area contributed by atoms with Crippen LogP contribution >= 0.6 is 0 Å². The Morgan fingerprint density at radius 1 is 0.368 bits per heavy atom. The predicted octanol–water partition coefficient (Wildman–Crippen LogP) is 10.5. The molecule has 2 saturated heterocycles. The first-order valence-electron chi connectivity index (χ1n) is 25.9. The molecular weight excluding hydrogens is 963 g/mol. The first-order valence-corrected chi connectivity index (χ1v) is 25.9. The molecule has 0 spiro atoms. The molecule has 7 aromatic rings. The van der Waals surface area contributed by atoms with Crippen LogP contribution in [0.25, 0.3) is 0 Å². The molecule has 2 fully saturated rings. The van der Waals surface area contributed by atoms with E-state index in [-0.39, 0.29) is 52.9 Å². The number of alkyl carbamates (subject to hydrolysis) is 1. The standard InChI is InChI=1S/C63H67NO12/c1-66-62-60(73-43-52-35-21-8-22-36-52)58(71-41-50-31-17-6-18-32-50)56(69-39-48-27-13-4-14-28-48)54(76-62)45-74-63(65)64-61-59(72-42-51-33-19-7-20-34-51)57(70-40-49-29-15-5-16-30-49)55(68-38-47-25-11-3-12-26-47)53(75-61)44-67-37-46-23-9-2-10-24-46/h2-36,53-62H,37-45H2,1H3,(H,64,65)/t53-,54-,55-,56-,57+,58+,59-,60-,61-,62-/m1/s1. The lowest BCUT2D eigenvalue weighted by Crippen LogP contribution is -2.65. The van der Waals surface area contributed by atoms with Gasteiger partial charge in [0.15, 0.2) is 12.5 Å². The Morgan fingerprint density at radius 3 is 1.04 bits per heavy atom. The van der Waals surface area contributed by atoms with Gasteiger partial charge in [0.05, 0.1) is 52.9 Å². The molecule has 1 N–H and O–H groups in total. The van der Waals surface area contributed by atoms with Gasteiger partial charge >= 0.3 is 6.09 Å². The van der Waals surface area contributed by atoms with Crippen molar-refractivity contribution in [2.24, 2.45) is 0 Å². The van der Waals surface area contributed by atoms with E-state index >= 15 is 0 Å². The highest BCUT2D eigenvalue weighted by atomic mass is 16.7. The molecule has 396 valence electrons. The molecule has 13 heteroatoms. The average molecular weight is 1030 g/mol. The lowest BCUT2D eigenvalue weighted by Gasteiger charge is -2.46. The third kappa shape index (κ3) is 16.0. The minimum atomic E-state index is -1.11. The number of hydrogen-bond donors (Lipinski definition) is 1. The Morgan fingerprint density at radius 2 is 0.671 bits per heavy atom. The number of rotatable bonds is 26. The molecule has 13 nitrogen and oxygen atoms in total. The molecule has 0 saturated carbocycles. The summed E-state index contributed by atoms with van der Waals surface area (Å²) < 4.78 is 72.9. The van der Waals surface area contributed by atoms with Crippen LogP contribution in [-0.4, -0.2) is 87.8 Å². The van der Waals surface area contributed by atoms with E-state index < -0.39 is 67.4 Å². The number of carbonyl (C=O) groups excluding carboxylic acids is 1. The van der Waals surface area contributed by atoms with Crippen LogP contribution < -0.4 is 5.32 Å². The summed E-state index contributed by atoms with van der Waals surface area (Å²) in [5.74, 6) is 0. The fourth-order valence-electron chi connectivity index (χ4n) is 9.29. The zero-order valence-corrected chi connectivity index (χ0v) is 42.7. The smallest absolute Gasteiger partial charge is 0.409 e. The van der Waals surface area contributed by atoms with Crippen LogP contribution in [0, 0.1) is 0 Å². The van der Waals surface area contributed by atoms with Gasteiger partial charge in [-0.25, -0.2) is 4.79 Å². The molecule has 0 unspecified atom stereocenters. The number of nitrogens with one attached hydrogen (secondary N) is 1. The molecular formula is C63H67NO12. The molecule has 2 aliphatic heterocycles. The Hall–Kier alpha value is -6.59. The second-order valence-electron chi connectivity index (χ2n) is 18.7. The van der Waals surface area contributed by atoms with Gasteiger partial charge in [-0.05, 0) is 38.9 Å². The number of ether oxygens (including phenoxy) is 11. The highest BCUT2D eigenvalue weighted by molar-refractivity contribution is 5.67. The Balaban J connectivity index is 0.993. The maximum Gasteiger partial charge on any atom is 0.409 e. The van der Waals surface area contributed by atoms with Gasteiger partial charge in [-0.3, -0.25) is 5.32 Å². The van der Waals surface area contributed by atoms with Crippen LogP contribution in [0.3, 0.4) is 0 Å². The summed E-state index contributed by atoms with van der Waals surface area (Å²) in [6, 6.07) is 69.1. The van der Waals surface area contributed by atoms with E-state index in [4.69, 9.17) is 52.1 Å².